The molecule has 0 atom stereocenters. The Morgan fingerprint density at radius 3 is 2.72 bits per heavy atom. The highest BCUT2D eigenvalue weighted by Gasteiger charge is 2.22. The lowest BCUT2D eigenvalue weighted by Crippen LogP contribution is -2.38. The molecule has 0 unspecified atom stereocenters. The fourth-order valence-corrected chi connectivity index (χ4v) is 4.03. The van der Waals surface area contributed by atoms with Crippen molar-refractivity contribution in [2.24, 2.45) is 0 Å². The second-order valence-electron chi connectivity index (χ2n) is 8.56. The zero-order chi connectivity index (χ0) is 27.9. The third kappa shape index (κ3) is 6.30. The Morgan fingerprint density at radius 1 is 1.23 bits per heavy atom. The largest absolute Gasteiger partial charge is 0.510 e. The molecule has 0 spiro atoms. The Morgan fingerprint density at radius 2 is 2.00 bits per heavy atom. The van der Waals surface area contributed by atoms with Crippen LogP contribution >= 0.6 is 0 Å². The Hall–Kier alpha value is -4.56. The van der Waals surface area contributed by atoms with E-state index in [1.54, 1.807) is 0 Å². The van der Waals surface area contributed by atoms with E-state index in [1.165, 1.54) is 25.4 Å². The van der Waals surface area contributed by atoms with Crippen molar-refractivity contribution in [3.63, 3.8) is 0 Å². The van der Waals surface area contributed by atoms with Gasteiger partial charge >= 0.3 is 6.16 Å². The van der Waals surface area contributed by atoms with Crippen LogP contribution in [0, 0.1) is 11.2 Å². The number of nitrogens with two attached hydrogens (primary N) is 2. The van der Waals surface area contributed by atoms with Crippen molar-refractivity contribution in [1.29, 1.82) is 5.41 Å². The monoisotopic (exact) mass is 541 g/mol. The summed E-state index contributed by atoms with van der Waals surface area (Å²) in [6, 6.07) is 2.34. The lowest BCUT2D eigenvalue weighted by atomic mass is 9.99. The zero-order valence-corrected chi connectivity index (χ0v) is 21.2. The number of allylic oxidation sites excluding steroid dienone is 1. The van der Waals surface area contributed by atoms with Crippen LogP contribution < -0.4 is 16.8 Å². The average Bonchev–Trinajstić information content (AvgIpc) is 3.31. The summed E-state index contributed by atoms with van der Waals surface area (Å²) in [6.07, 6.45) is 2.93. The van der Waals surface area contributed by atoms with Crippen LogP contribution in [0.2, 0.25) is 0 Å². The van der Waals surface area contributed by atoms with Gasteiger partial charge in [0.15, 0.2) is 23.9 Å². The highest BCUT2D eigenvalue weighted by molar-refractivity contribution is 6.15. The number of ketones is 1. The van der Waals surface area contributed by atoms with Crippen molar-refractivity contribution in [2.75, 3.05) is 57.7 Å². The highest BCUT2D eigenvalue weighted by Crippen LogP contribution is 2.37. The molecule has 1 aliphatic heterocycles. The van der Waals surface area contributed by atoms with Crippen molar-refractivity contribution in [3.8, 4) is 11.3 Å². The summed E-state index contributed by atoms with van der Waals surface area (Å²) in [6.45, 7) is 4.73. The van der Waals surface area contributed by atoms with Gasteiger partial charge in [-0.15, -0.1) is 0 Å². The Kier molecular flexibility index (Phi) is 8.68. The topological polar surface area (TPSA) is 192 Å². The van der Waals surface area contributed by atoms with Crippen LogP contribution in [-0.4, -0.2) is 79.4 Å². The van der Waals surface area contributed by atoms with Gasteiger partial charge < -0.3 is 40.9 Å². The normalized spacial score (nSPS) is 14.3. The average molecular weight is 542 g/mol. The number of ether oxygens (including phenoxy) is 3. The summed E-state index contributed by atoms with van der Waals surface area (Å²) in [7, 11) is 0. The quantitative estimate of drug-likeness (QED) is 0.0733. The number of hydrogen-bond donors (Lipinski definition) is 4. The number of halogens is 1. The van der Waals surface area contributed by atoms with Crippen molar-refractivity contribution < 1.29 is 32.7 Å². The fraction of sp³-hybridized carbons (Fsp3) is 0.320. The number of carbonyl (C=O) groups excluding carboxylic acids is 2. The number of benzene rings is 1. The van der Waals surface area contributed by atoms with Crippen LogP contribution in [0.4, 0.5) is 20.7 Å². The summed E-state index contributed by atoms with van der Waals surface area (Å²) in [5.41, 5.74) is 12.7. The molecule has 14 heteroatoms. The molecule has 2 aromatic heterocycles. The number of aromatic nitrogens is 2. The molecular weight excluding hydrogens is 513 g/mol. The molecule has 6 N–H and O–H groups in total. The minimum Gasteiger partial charge on any atom is -0.433 e. The van der Waals surface area contributed by atoms with Crippen LogP contribution in [0.25, 0.3) is 27.8 Å². The van der Waals surface area contributed by atoms with E-state index in [4.69, 9.17) is 35.6 Å². The second-order valence-corrected chi connectivity index (χ2v) is 8.56. The van der Waals surface area contributed by atoms with Crippen LogP contribution in [0.5, 0.6) is 0 Å². The molecule has 1 aromatic carbocycles. The number of hydrogen-bond acceptors (Lipinski definition) is 13. The van der Waals surface area contributed by atoms with E-state index in [1.807, 2.05) is 0 Å². The second kappa shape index (κ2) is 12.3. The predicted molar refractivity (Wildman–Crippen MR) is 140 cm³/mol. The molecule has 13 nitrogen and oxygen atoms in total. The molecule has 3 heterocycles. The van der Waals surface area contributed by atoms with E-state index in [9.17, 15) is 14.0 Å². The van der Waals surface area contributed by atoms with Crippen molar-refractivity contribution in [3.05, 3.63) is 41.5 Å². The molecule has 4 rings (SSSR count). The van der Waals surface area contributed by atoms with Gasteiger partial charge in [-0.25, -0.2) is 9.18 Å². The highest BCUT2D eigenvalue weighted by atomic mass is 19.1. The molecule has 206 valence electrons. The molecular formula is C25H28FN7O6. The molecule has 0 bridgehead atoms. The van der Waals surface area contributed by atoms with Gasteiger partial charge in [-0.2, -0.15) is 0 Å². The van der Waals surface area contributed by atoms with E-state index >= 15 is 0 Å². The lowest BCUT2D eigenvalue weighted by molar-refractivity contribution is 0.0152. The first-order chi connectivity index (χ1) is 18.8. The van der Waals surface area contributed by atoms with Gasteiger partial charge in [0, 0.05) is 66.2 Å². The number of pyridine rings is 1. The smallest absolute Gasteiger partial charge is 0.433 e. The van der Waals surface area contributed by atoms with Gasteiger partial charge in [0.2, 0.25) is 0 Å². The van der Waals surface area contributed by atoms with E-state index < -0.39 is 12.0 Å². The van der Waals surface area contributed by atoms with Gasteiger partial charge in [0.1, 0.15) is 12.4 Å². The molecule has 0 amide bonds. The summed E-state index contributed by atoms with van der Waals surface area (Å²) in [5, 5.41) is 14.6. The van der Waals surface area contributed by atoms with E-state index in [-0.39, 0.29) is 64.0 Å². The number of carbonyl (C=O) groups is 2. The van der Waals surface area contributed by atoms with Gasteiger partial charge in [0.25, 0.3) is 0 Å². The number of Topliss-reactive ketones (excluding diaryl/α,β-unsaturated/α-hetero) is 1. The molecule has 1 aliphatic rings. The van der Waals surface area contributed by atoms with Gasteiger partial charge in [-0.3, -0.25) is 14.7 Å². The van der Waals surface area contributed by atoms with E-state index in [0.717, 1.165) is 25.4 Å². The summed E-state index contributed by atoms with van der Waals surface area (Å²) in [4.78, 5) is 30.2. The van der Waals surface area contributed by atoms with E-state index in [2.05, 4.69) is 20.4 Å². The first-order valence-electron chi connectivity index (χ1n) is 12.0. The number of fused-ring (bicyclic) bond motifs is 1. The zero-order valence-electron chi connectivity index (χ0n) is 21.2. The summed E-state index contributed by atoms with van der Waals surface area (Å²) >= 11 is 0. The molecule has 1 fully saturated rings. The SMILES string of the molecule is CC(=O)c1cc(-c2ncc(/C(C=N)=C/NCOC(=O)OCCN3CCOCC3)c3onc(N)c23)c(F)cc1N. The first kappa shape index (κ1) is 27.5. The van der Waals surface area contributed by atoms with Crippen molar-refractivity contribution in [2.45, 2.75) is 6.92 Å². The van der Waals surface area contributed by atoms with E-state index in [0.29, 0.717) is 25.3 Å². The number of rotatable bonds is 10. The van der Waals surface area contributed by atoms with Crippen molar-refractivity contribution >= 4 is 46.2 Å². The summed E-state index contributed by atoms with van der Waals surface area (Å²) in [5.74, 6) is -1.11. The number of morpholine rings is 1. The maximum Gasteiger partial charge on any atom is 0.510 e. The first-order valence-corrected chi connectivity index (χ1v) is 12.0. The molecule has 0 aliphatic carbocycles. The standard InChI is InChI=1S/C25H28FN7O6/c1-14(34)16-8-17(19(26)9-20(16)28)22-21-23(39-32-24(21)29)18(12-31-22)15(10-27)11-30-13-38-25(35)37-7-4-33-2-5-36-6-3-33/h8-12,27,30H,2-7,13,28H2,1H3,(H2,29,32)/b15-11+,27-10?. The number of nitrogen functional groups attached to an aromatic ring is 2. The third-order valence-electron chi connectivity index (χ3n) is 6.02. The molecule has 0 saturated carbocycles. The minimum atomic E-state index is -0.840. The Labute approximate surface area is 222 Å². The van der Waals surface area contributed by atoms with Gasteiger partial charge in [-0.1, -0.05) is 5.16 Å². The number of nitrogens with one attached hydrogen (secondary N) is 2. The number of anilines is 2. The molecule has 39 heavy (non-hydrogen) atoms. The Balaban J connectivity index is 1.47. The lowest BCUT2D eigenvalue weighted by Gasteiger charge is -2.25. The molecule has 3 aromatic rings. The van der Waals surface area contributed by atoms with Crippen LogP contribution in [0.15, 0.2) is 29.1 Å². The van der Waals surface area contributed by atoms with Crippen LogP contribution in [-0.2, 0) is 14.2 Å². The van der Waals surface area contributed by atoms with Crippen molar-refractivity contribution in [1.82, 2.24) is 20.4 Å². The predicted octanol–water partition coefficient (Wildman–Crippen LogP) is 2.42. The van der Waals surface area contributed by atoms with Gasteiger partial charge in [-0.05, 0) is 19.1 Å². The third-order valence-corrected chi connectivity index (χ3v) is 6.02. The van der Waals surface area contributed by atoms with Crippen LogP contribution in [0.1, 0.15) is 22.8 Å². The maximum atomic E-state index is 14.9. The Bertz CT molecular complexity index is 1420. The number of nitrogens with zero attached hydrogens (tertiary/aromatic N) is 3. The molecule has 1 saturated heterocycles. The van der Waals surface area contributed by atoms with Crippen LogP contribution in [0.3, 0.4) is 0 Å². The maximum absolute atomic E-state index is 14.9. The fourth-order valence-electron chi connectivity index (χ4n) is 4.03. The molecule has 0 radical (unpaired) electrons. The summed E-state index contributed by atoms with van der Waals surface area (Å²) < 4.78 is 35.6. The minimum absolute atomic E-state index is 0.00166. The van der Waals surface area contributed by atoms with Gasteiger partial charge in [0.05, 0.1) is 24.3 Å².